The Hall–Kier alpha value is -4.11. The number of benzene rings is 2. The van der Waals surface area contributed by atoms with E-state index in [9.17, 15) is 9.59 Å². The SMILES string of the molecule is Cc1cc(OCCN(C)C)c2oc3cc(Oc4ccc(NCC(=O)NC5CCCC5)nc4)ccc3c(=O)c2c1. The van der Waals surface area contributed by atoms with Gasteiger partial charge in [0.2, 0.25) is 11.3 Å². The number of nitrogens with zero attached hydrogens (tertiary/aromatic N) is 2. The minimum absolute atomic E-state index is 0.0318. The summed E-state index contributed by atoms with van der Waals surface area (Å²) in [5.41, 5.74) is 1.63. The highest BCUT2D eigenvalue weighted by Gasteiger charge is 2.17. The highest BCUT2D eigenvalue weighted by Crippen LogP contribution is 2.31. The maximum atomic E-state index is 13.3. The first-order valence-corrected chi connectivity index (χ1v) is 13.3. The molecule has 1 fully saturated rings. The standard InChI is InChI=1S/C30H34N4O5/c1-19-14-24-29(36)23-10-8-21(16-25(23)39-30(24)26(15-19)37-13-12-34(2)3)38-22-9-11-27(31-17-22)32-18-28(35)33-20-6-4-5-7-20/h8-11,14-17,20H,4-7,12-13,18H2,1-3H3,(H,31,32)(H,33,35). The van der Waals surface area contributed by atoms with Crippen molar-refractivity contribution in [2.45, 2.75) is 38.6 Å². The molecule has 4 aromatic rings. The van der Waals surface area contributed by atoms with Crippen LogP contribution in [0.5, 0.6) is 17.2 Å². The van der Waals surface area contributed by atoms with Gasteiger partial charge < -0.3 is 29.4 Å². The molecule has 0 unspecified atom stereocenters. The zero-order chi connectivity index (χ0) is 27.4. The van der Waals surface area contributed by atoms with E-state index < -0.39 is 0 Å². The molecule has 0 bridgehead atoms. The Morgan fingerprint density at radius 3 is 2.62 bits per heavy atom. The lowest BCUT2D eigenvalue weighted by Gasteiger charge is -2.13. The Morgan fingerprint density at radius 1 is 1.08 bits per heavy atom. The van der Waals surface area contributed by atoms with Crippen LogP contribution in [0.25, 0.3) is 21.9 Å². The summed E-state index contributed by atoms with van der Waals surface area (Å²) in [6.07, 6.45) is 6.03. The first-order valence-electron chi connectivity index (χ1n) is 13.3. The van der Waals surface area contributed by atoms with Gasteiger partial charge in [0.1, 0.15) is 29.5 Å². The quantitative estimate of drug-likeness (QED) is 0.280. The minimum Gasteiger partial charge on any atom is -0.488 e. The Bertz CT molecular complexity index is 1520. The van der Waals surface area contributed by atoms with Crippen LogP contribution < -0.4 is 25.5 Å². The second-order valence-electron chi connectivity index (χ2n) is 10.3. The fraction of sp³-hybridized carbons (Fsp3) is 0.367. The van der Waals surface area contributed by atoms with Gasteiger partial charge in [-0.3, -0.25) is 9.59 Å². The summed E-state index contributed by atoms with van der Waals surface area (Å²) in [5.74, 6) is 2.11. The molecule has 2 N–H and O–H groups in total. The predicted molar refractivity (Wildman–Crippen MR) is 152 cm³/mol. The monoisotopic (exact) mass is 530 g/mol. The van der Waals surface area contributed by atoms with Crippen LogP contribution >= 0.6 is 0 Å². The highest BCUT2D eigenvalue weighted by atomic mass is 16.5. The number of pyridine rings is 1. The van der Waals surface area contributed by atoms with Crippen molar-refractivity contribution >= 4 is 33.7 Å². The molecule has 0 radical (unpaired) electrons. The summed E-state index contributed by atoms with van der Waals surface area (Å²) in [6.45, 7) is 3.31. The molecule has 1 aliphatic rings. The number of nitrogens with one attached hydrogen (secondary N) is 2. The van der Waals surface area contributed by atoms with Crippen LogP contribution in [0.15, 0.2) is 57.9 Å². The Labute approximate surface area is 227 Å². The number of anilines is 1. The van der Waals surface area contributed by atoms with Gasteiger partial charge in [-0.1, -0.05) is 12.8 Å². The second-order valence-corrected chi connectivity index (χ2v) is 10.3. The van der Waals surface area contributed by atoms with Crippen LogP contribution in [-0.2, 0) is 4.79 Å². The molecule has 1 aliphatic carbocycles. The molecular weight excluding hydrogens is 496 g/mol. The van der Waals surface area contributed by atoms with Crippen LogP contribution in [0.4, 0.5) is 5.82 Å². The van der Waals surface area contributed by atoms with Crippen LogP contribution in [0.2, 0.25) is 0 Å². The van der Waals surface area contributed by atoms with Crippen LogP contribution in [0, 0.1) is 6.92 Å². The van der Waals surface area contributed by atoms with Gasteiger partial charge in [0.05, 0.1) is 23.5 Å². The van der Waals surface area contributed by atoms with Gasteiger partial charge >= 0.3 is 0 Å². The molecule has 0 spiro atoms. The molecule has 204 valence electrons. The minimum atomic E-state index is -0.118. The highest BCUT2D eigenvalue weighted by molar-refractivity contribution is 5.93. The molecule has 0 aliphatic heterocycles. The Kier molecular flexibility index (Phi) is 7.97. The zero-order valence-corrected chi connectivity index (χ0v) is 22.6. The van der Waals surface area contributed by atoms with Gasteiger partial charge in [-0.2, -0.15) is 0 Å². The summed E-state index contributed by atoms with van der Waals surface area (Å²) in [4.78, 5) is 31.8. The fourth-order valence-corrected chi connectivity index (χ4v) is 4.75. The third-order valence-electron chi connectivity index (χ3n) is 6.77. The second kappa shape index (κ2) is 11.7. The molecule has 1 saturated carbocycles. The van der Waals surface area contributed by atoms with E-state index in [-0.39, 0.29) is 17.9 Å². The predicted octanol–water partition coefficient (Wildman–Crippen LogP) is 4.85. The third kappa shape index (κ3) is 6.49. The van der Waals surface area contributed by atoms with Crippen LogP contribution in [-0.4, -0.2) is 55.6 Å². The van der Waals surface area contributed by atoms with E-state index in [0.29, 0.717) is 57.7 Å². The lowest BCUT2D eigenvalue weighted by atomic mass is 10.1. The maximum Gasteiger partial charge on any atom is 0.239 e. The molecule has 2 aromatic heterocycles. The topological polar surface area (TPSA) is 106 Å². The van der Waals surface area contributed by atoms with E-state index in [1.54, 1.807) is 36.5 Å². The molecule has 5 rings (SSSR count). The van der Waals surface area contributed by atoms with Gasteiger partial charge in [-0.05, 0) is 75.8 Å². The molecule has 2 aromatic carbocycles. The number of rotatable bonds is 10. The molecular formula is C30H34N4O5. The Morgan fingerprint density at radius 2 is 1.87 bits per heavy atom. The number of aromatic nitrogens is 1. The number of ether oxygens (including phenoxy) is 2. The lowest BCUT2D eigenvalue weighted by Crippen LogP contribution is -2.36. The first-order chi connectivity index (χ1) is 18.9. The number of hydrogen-bond donors (Lipinski definition) is 2. The van der Waals surface area contributed by atoms with Crippen molar-refractivity contribution in [1.82, 2.24) is 15.2 Å². The Balaban J connectivity index is 1.30. The van der Waals surface area contributed by atoms with Gasteiger partial charge in [0.15, 0.2) is 11.3 Å². The summed E-state index contributed by atoms with van der Waals surface area (Å²) < 4.78 is 18.1. The molecule has 0 saturated heterocycles. The lowest BCUT2D eigenvalue weighted by molar-refractivity contribution is -0.120. The summed E-state index contributed by atoms with van der Waals surface area (Å²) in [6, 6.07) is 12.6. The van der Waals surface area contributed by atoms with Gasteiger partial charge in [0, 0.05) is 18.7 Å². The van der Waals surface area contributed by atoms with Crippen molar-refractivity contribution in [3.8, 4) is 17.2 Å². The molecule has 0 atom stereocenters. The van der Waals surface area contributed by atoms with Crippen molar-refractivity contribution in [1.29, 1.82) is 0 Å². The molecule has 9 nitrogen and oxygen atoms in total. The largest absolute Gasteiger partial charge is 0.488 e. The normalized spacial score (nSPS) is 13.7. The number of carbonyl (C=O) groups excluding carboxylic acids is 1. The fourth-order valence-electron chi connectivity index (χ4n) is 4.75. The number of aryl methyl sites for hydroxylation is 1. The van der Waals surface area contributed by atoms with E-state index in [1.807, 2.05) is 38.1 Å². The average molecular weight is 531 g/mol. The third-order valence-corrected chi connectivity index (χ3v) is 6.77. The van der Waals surface area contributed by atoms with Crippen molar-refractivity contribution in [3.05, 3.63) is 64.4 Å². The maximum absolute atomic E-state index is 13.3. The number of fused-ring (bicyclic) bond motifs is 2. The summed E-state index contributed by atoms with van der Waals surface area (Å²) in [7, 11) is 3.95. The molecule has 9 heteroatoms. The van der Waals surface area contributed by atoms with Crippen molar-refractivity contribution in [2.75, 3.05) is 39.1 Å². The van der Waals surface area contributed by atoms with Crippen molar-refractivity contribution in [3.63, 3.8) is 0 Å². The van der Waals surface area contributed by atoms with Gasteiger partial charge in [0.25, 0.3) is 0 Å². The van der Waals surface area contributed by atoms with E-state index in [4.69, 9.17) is 13.9 Å². The molecule has 1 amide bonds. The van der Waals surface area contributed by atoms with Crippen LogP contribution in [0.3, 0.4) is 0 Å². The van der Waals surface area contributed by atoms with E-state index in [0.717, 1.165) is 24.9 Å². The summed E-state index contributed by atoms with van der Waals surface area (Å²) >= 11 is 0. The smallest absolute Gasteiger partial charge is 0.239 e. The number of likely N-dealkylation sites (N-methyl/N-ethyl adjacent to an activating group) is 1. The van der Waals surface area contributed by atoms with Crippen molar-refractivity contribution in [2.24, 2.45) is 0 Å². The molecule has 2 heterocycles. The van der Waals surface area contributed by atoms with Gasteiger partial charge in [-0.25, -0.2) is 4.98 Å². The number of amides is 1. The van der Waals surface area contributed by atoms with E-state index in [1.165, 1.54) is 12.8 Å². The van der Waals surface area contributed by atoms with Crippen molar-refractivity contribution < 1.29 is 18.7 Å². The summed E-state index contributed by atoms with van der Waals surface area (Å²) in [5, 5.41) is 7.04. The van der Waals surface area contributed by atoms with E-state index >= 15 is 0 Å². The van der Waals surface area contributed by atoms with Crippen LogP contribution in [0.1, 0.15) is 31.2 Å². The average Bonchev–Trinajstić information content (AvgIpc) is 3.42. The number of hydrogen-bond acceptors (Lipinski definition) is 8. The van der Waals surface area contributed by atoms with Gasteiger partial charge in [-0.15, -0.1) is 0 Å². The number of carbonyl (C=O) groups is 1. The molecule has 39 heavy (non-hydrogen) atoms. The first kappa shape index (κ1) is 26.5. The van der Waals surface area contributed by atoms with E-state index in [2.05, 4.69) is 15.6 Å². The zero-order valence-electron chi connectivity index (χ0n) is 22.6.